The van der Waals surface area contributed by atoms with E-state index in [0.717, 1.165) is 11.1 Å². The van der Waals surface area contributed by atoms with Gasteiger partial charge in [-0.25, -0.2) is 18.6 Å². The lowest BCUT2D eigenvalue weighted by atomic mass is 10.00. The van der Waals surface area contributed by atoms with Crippen molar-refractivity contribution in [2.24, 2.45) is 0 Å². The second kappa shape index (κ2) is 10.3. The van der Waals surface area contributed by atoms with Crippen LogP contribution in [-0.4, -0.2) is 52.9 Å². The summed E-state index contributed by atoms with van der Waals surface area (Å²) in [5.41, 5.74) is 2.49. The Hall–Kier alpha value is -3.53. The fourth-order valence-corrected chi connectivity index (χ4v) is 5.44. The summed E-state index contributed by atoms with van der Waals surface area (Å²) in [5, 5.41) is 13.3. The summed E-state index contributed by atoms with van der Waals surface area (Å²) in [5.74, 6) is -3.36. The summed E-state index contributed by atoms with van der Waals surface area (Å²) in [4.78, 5) is 32.6. The second-order valence-corrected chi connectivity index (χ2v) is 10.2. The molecule has 0 amide bonds. The van der Waals surface area contributed by atoms with Gasteiger partial charge in [-0.3, -0.25) is 9.36 Å². The van der Waals surface area contributed by atoms with Crippen molar-refractivity contribution in [1.82, 2.24) is 9.55 Å². The maximum Gasteiger partial charge on any atom is 0.337 e. The third kappa shape index (κ3) is 5.09. The van der Waals surface area contributed by atoms with E-state index in [0.29, 0.717) is 48.6 Å². The summed E-state index contributed by atoms with van der Waals surface area (Å²) < 4.78 is 35.2. The Morgan fingerprint density at radius 1 is 1.18 bits per heavy atom. The highest BCUT2D eigenvalue weighted by Crippen LogP contribution is 2.34. The molecule has 0 aliphatic carbocycles. The first-order valence-electron chi connectivity index (χ1n) is 13.0. The van der Waals surface area contributed by atoms with E-state index in [1.165, 1.54) is 6.07 Å². The molecule has 1 unspecified atom stereocenters. The Morgan fingerprint density at radius 3 is 2.55 bits per heavy atom. The average Bonchev–Trinajstić information content (AvgIpc) is 2.89. The Morgan fingerprint density at radius 2 is 1.87 bits per heavy atom. The summed E-state index contributed by atoms with van der Waals surface area (Å²) in [6.45, 7) is 5.05. The summed E-state index contributed by atoms with van der Waals surface area (Å²) in [7, 11) is 0. The maximum atomic E-state index is 14.1. The van der Waals surface area contributed by atoms with Crippen molar-refractivity contribution in [2.45, 2.75) is 57.5 Å². The number of hydrogen-bond donors (Lipinski definition) is 2. The molecule has 0 radical (unpaired) electrons. The highest BCUT2D eigenvalue weighted by atomic mass is 19.3. The Kier molecular flexibility index (Phi) is 7.09. The quantitative estimate of drug-likeness (QED) is 0.458. The minimum absolute atomic E-state index is 0.106. The van der Waals surface area contributed by atoms with Crippen molar-refractivity contribution in [3.05, 3.63) is 63.4 Å². The zero-order chi connectivity index (χ0) is 27.0. The molecule has 5 rings (SSSR count). The molecule has 8 nitrogen and oxygen atoms in total. The third-order valence-electron chi connectivity index (χ3n) is 7.49. The van der Waals surface area contributed by atoms with Gasteiger partial charge in [0.1, 0.15) is 0 Å². The minimum Gasteiger partial charge on any atom is -0.478 e. The molecule has 2 aromatic carbocycles. The number of rotatable bonds is 6. The Bertz CT molecular complexity index is 1410. The fourth-order valence-electron chi connectivity index (χ4n) is 5.44. The van der Waals surface area contributed by atoms with Crippen LogP contribution in [0.1, 0.15) is 66.2 Å². The maximum absolute atomic E-state index is 14.1. The first kappa shape index (κ1) is 26.1. The highest BCUT2D eigenvalue weighted by molar-refractivity contribution is 5.94. The lowest BCUT2D eigenvalue weighted by Gasteiger charge is -2.36. The molecule has 3 heterocycles. The number of carboxylic acids is 1. The number of carbonyl (C=O) groups is 1. The van der Waals surface area contributed by atoms with Gasteiger partial charge < -0.3 is 20.1 Å². The lowest BCUT2D eigenvalue weighted by molar-refractivity contribution is -0.0224. The van der Waals surface area contributed by atoms with Gasteiger partial charge in [0.05, 0.1) is 22.5 Å². The first-order chi connectivity index (χ1) is 18.1. The van der Waals surface area contributed by atoms with Crippen LogP contribution < -0.4 is 15.8 Å². The van der Waals surface area contributed by atoms with E-state index in [4.69, 9.17) is 9.72 Å². The van der Waals surface area contributed by atoms with E-state index in [1.807, 2.05) is 26.0 Å². The van der Waals surface area contributed by atoms with Gasteiger partial charge in [-0.15, -0.1) is 0 Å². The number of carboxylic acid groups (broad SMARTS) is 1. The van der Waals surface area contributed by atoms with Crippen molar-refractivity contribution < 1.29 is 23.4 Å². The molecular formula is C28H32F2N4O4. The number of nitrogens with zero attached hydrogens (tertiary/aromatic N) is 3. The number of para-hydroxylation sites is 1. The number of aromatic nitrogens is 2. The molecule has 0 spiro atoms. The number of benzene rings is 2. The molecule has 38 heavy (non-hydrogen) atoms. The molecule has 0 saturated carbocycles. The van der Waals surface area contributed by atoms with Gasteiger partial charge in [-0.1, -0.05) is 18.2 Å². The normalized spacial score (nSPS) is 18.9. The molecule has 1 aromatic heterocycles. The van der Waals surface area contributed by atoms with Crippen LogP contribution in [0, 0.1) is 6.92 Å². The summed E-state index contributed by atoms with van der Waals surface area (Å²) in [6, 6.07) is 9.87. The van der Waals surface area contributed by atoms with Gasteiger partial charge in [0.25, 0.3) is 11.5 Å². The molecule has 0 bridgehead atoms. The molecule has 1 atom stereocenters. The van der Waals surface area contributed by atoms with Crippen LogP contribution in [0.4, 0.5) is 20.4 Å². The number of halogens is 2. The minimum atomic E-state index is -2.73. The number of hydrogen-bond acceptors (Lipinski definition) is 6. The zero-order valence-electron chi connectivity index (χ0n) is 21.5. The van der Waals surface area contributed by atoms with E-state index in [9.17, 15) is 23.5 Å². The van der Waals surface area contributed by atoms with Crippen molar-refractivity contribution in [2.75, 3.05) is 36.5 Å². The van der Waals surface area contributed by atoms with Crippen LogP contribution in [0.3, 0.4) is 0 Å². The fraction of sp³-hybridized carbons (Fsp3) is 0.464. The molecule has 202 valence electrons. The summed E-state index contributed by atoms with van der Waals surface area (Å²) in [6.07, 6.45) is 0.706. The number of aromatic carboxylic acids is 1. The van der Waals surface area contributed by atoms with Crippen LogP contribution >= 0.6 is 0 Å². The highest BCUT2D eigenvalue weighted by Gasteiger charge is 2.36. The molecule has 2 saturated heterocycles. The monoisotopic (exact) mass is 526 g/mol. The lowest BCUT2D eigenvalue weighted by Crippen LogP contribution is -2.43. The van der Waals surface area contributed by atoms with Crippen LogP contribution in [0.5, 0.6) is 0 Å². The molecule has 3 aromatic rings. The van der Waals surface area contributed by atoms with Crippen molar-refractivity contribution in [3.8, 4) is 0 Å². The van der Waals surface area contributed by atoms with Gasteiger partial charge in [-0.2, -0.15) is 0 Å². The number of piperidine rings is 1. The Balaban J connectivity index is 1.64. The summed E-state index contributed by atoms with van der Waals surface area (Å²) >= 11 is 0. The van der Waals surface area contributed by atoms with Gasteiger partial charge >= 0.3 is 5.97 Å². The van der Waals surface area contributed by atoms with E-state index >= 15 is 0 Å². The van der Waals surface area contributed by atoms with E-state index < -0.39 is 11.9 Å². The number of fused-ring (bicyclic) bond motifs is 1. The van der Waals surface area contributed by atoms with Gasteiger partial charge in [0.2, 0.25) is 5.95 Å². The topological polar surface area (TPSA) is 96.7 Å². The van der Waals surface area contributed by atoms with Crippen LogP contribution in [0.2, 0.25) is 0 Å². The molecule has 2 N–H and O–H groups in total. The molecule has 10 heteroatoms. The predicted octanol–water partition coefficient (Wildman–Crippen LogP) is 5.16. The van der Waals surface area contributed by atoms with Crippen molar-refractivity contribution in [1.29, 1.82) is 0 Å². The van der Waals surface area contributed by atoms with E-state index in [1.54, 1.807) is 27.7 Å². The van der Waals surface area contributed by atoms with Crippen LogP contribution in [0.15, 0.2) is 41.2 Å². The van der Waals surface area contributed by atoms with Gasteiger partial charge in [0, 0.05) is 56.4 Å². The second-order valence-electron chi connectivity index (χ2n) is 10.2. The first-order valence-corrected chi connectivity index (χ1v) is 13.0. The van der Waals surface area contributed by atoms with E-state index in [-0.39, 0.29) is 49.1 Å². The zero-order valence-corrected chi connectivity index (χ0v) is 21.5. The van der Waals surface area contributed by atoms with Gasteiger partial charge in [-0.05, 0) is 50.5 Å². The largest absolute Gasteiger partial charge is 0.478 e. The SMILES string of the molecule is Cc1cc(C(C)Nc2ccccc2C(=O)O)c2nc(N3CCC(F)(F)CC3)n(C3CCOCC3)c(=O)c2c1. The number of nitrogens with one attached hydrogen (secondary N) is 1. The number of anilines is 2. The van der Waals surface area contributed by atoms with Crippen LogP contribution in [0.25, 0.3) is 10.9 Å². The van der Waals surface area contributed by atoms with E-state index in [2.05, 4.69) is 5.32 Å². The molecular weight excluding hydrogens is 494 g/mol. The predicted molar refractivity (Wildman–Crippen MR) is 142 cm³/mol. The van der Waals surface area contributed by atoms with Crippen molar-refractivity contribution >= 4 is 28.5 Å². The third-order valence-corrected chi connectivity index (χ3v) is 7.49. The molecule has 2 fully saturated rings. The standard InChI is InChI=1S/C28H32F2N4O4/c1-17-15-21(18(2)31-23-6-4-3-5-20(23)26(36)37)24-22(16-17)25(35)34(19-7-13-38-14-8-19)27(32-24)33-11-9-28(29,30)10-12-33/h3-6,15-16,18-19,31H,7-14H2,1-2H3,(H,36,37). The average molecular weight is 527 g/mol. The number of alkyl halides is 2. The number of aryl methyl sites for hydroxylation is 1. The molecule has 2 aliphatic rings. The smallest absolute Gasteiger partial charge is 0.337 e. The van der Waals surface area contributed by atoms with Crippen molar-refractivity contribution in [3.63, 3.8) is 0 Å². The van der Waals surface area contributed by atoms with Crippen LogP contribution in [-0.2, 0) is 4.74 Å². The molecule has 2 aliphatic heterocycles. The van der Waals surface area contributed by atoms with Gasteiger partial charge in [0.15, 0.2) is 0 Å². The number of ether oxygens (including phenoxy) is 1. The Labute approximate surface area is 219 Å².